The Morgan fingerprint density at radius 2 is 1.68 bits per heavy atom. The van der Waals surface area contributed by atoms with Gasteiger partial charge in [-0.15, -0.1) is 0 Å². The van der Waals surface area contributed by atoms with E-state index in [1.165, 1.54) is 30.3 Å². The number of oxazole rings is 1. The summed E-state index contributed by atoms with van der Waals surface area (Å²) in [6.07, 6.45) is -0.0560. The van der Waals surface area contributed by atoms with Crippen LogP contribution in [0.1, 0.15) is 11.1 Å². The van der Waals surface area contributed by atoms with Crippen LogP contribution in [0.5, 0.6) is 5.75 Å². The van der Waals surface area contributed by atoms with Gasteiger partial charge >= 0.3 is 0 Å². The average Bonchev–Trinajstić information content (AvgIpc) is 3.35. The minimum atomic E-state index is -4.13. The molecule has 0 unspecified atom stereocenters. The Labute approximate surface area is 215 Å². The number of rotatable bonds is 5. The number of benzene rings is 4. The number of ether oxygens (including phenoxy) is 1. The molecule has 0 radical (unpaired) electrons. The number of hydrogen-bond acceptors (Lipinski definition) is 7. The average molecular weight is 529 g/mol. The maximum absolute atomic E-state index is 13.8. The van der Waals surface area contributed by atoms with Crippen LogP contribution in [0.4, 0.5) is 10.1 Å². The maximum atomic E-state index is 13.8. The highest BCUT2D eigenvalue weighted by Gasteiger charge is 2.35. The smallest absolute Gasteiger partial charge is 0.273 e. The topological polar surface area (TPSA) is 113 Å². The molecular formula is C28H17FN2O6S. The van der Waals surface area contributed by atoms with Crippen molar-refractivity contribution in [3.05, 3.63) is 123 Å². The lowest BCUT2D eigenvalue weighted by atomic mass is 10.1. The van der Waals surface area contributed by atoms with E-state index in [0.29, 0.717) is 33.7 Å². The molecule has 1 aromatic heterocycles. The van der Waals surface area contributed by atoms with Crippen LogP contribution in [0.3, 0.4) is 0 Å². The fourth-order valence-corrected chi connectivity index (χ4v) is 5.96. The largest absolute Gasteiger partial charge is 0.454 e. The summed E-state index contributed by atoms with van der Waals surface area (Å²) in [6.45, 7) is 0. The number of nitro groups is 1. The number of sulfone groups is 1. The molecule has 10 heteroatoms. The number of nitrogens with zero attached hydrogens (tertiary/aromatic N) is 2. The third-order valence-electron chi connectivity index (χ3n) is 6.16. The highest BCUT2D eigenvalue weighted by molar-refractivity contribution is 7.95. The van der Waals surface area contributed by atoms with Crippen LogP contribution in [0.2, 0.25) is 0 Å². The highest BCUT2D eigenvalue weighted by atomic mass is 32.2. The van der Waals surface area contributed by atoms with Crippen molar-refractivity contribution in [2.75, 3.05) is 0 Å². The molecule has 0 amide bonds. The normalized spacial score (nSPS) is 14.2. The molecule has 5 aromatic rings. The van der Waals surface area contributed by atoms with E-state index in [1.807, 2.05) is 30.3 Å². The molecule has 0 bridgehead atoms. The summed E-state index contributed by atoms with van der Waals surface area (Å²) in [5, 5.41) is 11.3. The van der Waals surface area contributed by atoms with Gasteiger partial charge in [-0.3, -0.25) is 10.1 Å². The van der Waals surface area contributed by atoms with Crippen LogP contribution in [0, 0.1) is 15.9 Å². The van der Waals surface area contributed by atoms with Crippen LogP contribution in [-0.4, -0.2) is 18.3 Å². The van der Waals surface area contributed by atoms with Gasteiger partial charge in [0.15, 0.2) is 11.3 Å². The predicted octanol–water partition coefficient (Wildman–Crippen LogP) is 6.32. The van der Waals surface area contributed by atoms with E-state index in [-0.39, 0.29) is 33.4 Å². The Balaban J connectivity index is 1.47. The Morgan fingerprint density at radius 3 is 2.45 bits per heavy atom. The van der Waals surface area contributed by atoms with E-state index in [0.717, 1.165) is 12.1 Å². The van der Waals surface area contributed by atoms with E-state index >= 15 is 0 Å². The SMILES string of the molecule is O=[N+]([O-])c1ccc2c(c1)OC(c1ccc(F)cc1)=C(Cc1cccc(-c3nc4ccccc4o3)c1)S2(=O)=O. The van der Waals surface area contributed by atoms with Gasteiger partial charge in [-0.2, -0.15) is 0 Å². The summed E-state index contributed by atoms with van der Waals surface area (Å²) < 4.78 is 53.1. The fraction of sp³-hybridized carbons (Fsp3) is 0.0357. The van der Waals surface area contributed by atoms with Crippen molar-refractivity contribution in [1.29, 1.82) is 0 Å². The third kappa shape index (κ3) is 4.10. The summed E-state index contributed by atoms with van der Waals surface area (Å²) in [7, 11) is -4.13. The van der Waals surface area contributed by atoms with Gasteiger partial charge in [0.1, 0.15) is 22.0 Å². The zero-order valence-corrected chi connectivity index (χ0v) is 20.3. The Morgan fingerprint density at radius 1 is 0.895 bits per heavy atom. The standard InChI is InChI=1S/C28H17FN2O6S/c29-20-10-8-18(9-11-20)27-26(38(34,35)25-13-12-21(31(32)33)16-24(25)36-27)15-17-4-3-5-19(14-17)28-30-22-6-1-2-7-23(22)37-28/h1-14,16H,15H2. The van der Waals surface area contributed by atoms with Crippen molar-refractivity contribution in [2.24, 2.45) is 0 Å². The van der Waals surface area contributed by atoms with Gasteiger partial charge in [0.2, 0.25) is 15.7 Å². The molecule has 1 aliphatic heterocycles. The number of allylic oxidation sites excluding steroid dienone is 1. The zero-order chi connectivity index (χ0) is 26.4. The summed E-state index contributed by atoms with van der Waals surface area (Å²) in [4.78, 5) is 14.9. The van der Waals surface area contributed by atoms with Crippen LogP contribution in [0.25, 0.3) is 28.3 Å². The van der Waals surface area contributed by atoms with E-state index in [4.69, 9.17) is 9.15 Å². The summed E-state index contributed by atoms with van der Waals surface area (Å²) in [5.74, 6) is -0.300. The van der Waals surface area contributed by atoms with Crippen molar-refractivity contribution in [3.8, 4) is 17.2 Å². The number of para-hydroxylation sites is 2. The molecular weight excluding hydrogens is 511 g/mol. The third-order valence-corrected chi connectivity index (χ3v) is 8.05. The molecule has 188 valence electrons. The van der Waals surface area contributed by atoms with E-state index in [9.17, 15) is 22.9 Å². The molecule has 0 aliphatic carbocycles. The molecule has 0 saturated carbocycles. The monoisotopic (exact) mass is 528 g/mol. The minimum Gasteiger partial charge on any atom is -0.454 e. The number of nitro benzene ring substituents is 1. The molecule has 38 heavy (non-hydrogen) atoms. The molecule has 2 heterocycles. The van der Waals surface area contributed by atoms with Gasteiger partial charge in [-0.05, 0) is 60.2 Å². The molecule has 0 saturated heterocycles. The lowest BCUT2D eigenvalue weighted by molar-refractivity contribution is -0.385. The lowest BCUT2D eigenvalue weighted by Gasteiger charge is -2.24. The van der Waals surface area contributed by atoms with E-state index in [2.05, 4.69) is 4.98 Å². The van der Waals surface area contributed by atoms with Crippen molar-refractivity contribution in [2.45, 2.75) is 11.3 Å². The number of halogens is 1. The first kappa shape index (κ1) is 23.6. The highest BCUT2D eigenvalue weighted by Crippen LogP contribution is 2.43. The van der Waals surface area contributed by atoms with Crippen LogP contribution >= 0.6 is 0 Å². The van der Waals surface area contributed by atoms with Crippen LogP contribution in [0.15, 0.2) is 105 Å². The molecule has 8 nitrogen and oxygen atoms in total. The molecule has 0 fully saturated rings. The first-order valence-corrected chi connectivity index (χ1v) is 12.9. The minimum absolute atomic E-state index is 0.0229. The number of fused-ring (bicyclic) bond motifs is 2. The Kier molecular flexibility index (Phi) is 5.54. The van der Waals surface area contributed by atoms with Crippen LogP contribution < -0.4 is 4.74 Å². The molecule has 0 atom stereocenters. The molecule has 6 rings (SSSR count). The maximum Gasteiger partial charge on any atom is 0.273 e. The number of hydrogen-bond donors (Lipinski definition) is 0. The predicted molar refractivity (Wildman–Crippen MR) is 137 cm³/mol. The first-order chi connectivity index (χ1) is 18.3. The van der Waals surface area contributed by atoms with Crippen molar-refractivity contribution < 1.29 is 26.9 Å². The van der Waals surface area contributed by atoms with Gasteiger partial charge in [-0.25, -0.2) is 17.8 Å². The second-order valence-corrected chi connectivity index (χ2v) is 10.6. The summed E-state index contributed by atoms with van der Waals surface area (Å²) in [5.41, 5.74) is 2.63. The van der Waals surface area contributed by atoms with Gasteiger partial charge in [0, 0.05) is 23.6 Å². The van der Waals surface area contributed by atoms with E-state index in [1.54, 1.807) is 18.2 Å². The molecule has 0 N–H and O–H groups in total. The zero-order valence-electron chi connectivity index (χ0n) is 19.5. The Hall–Kier alpha value is -4.83. The Bertz CT molecular complexity index is 1840. The second kappa shape index (κ2) is 8.93. The quantitative estimate of drug-likeness (QED) is 0.194. The van der Waals surface area contributed by atoms with Gasteiger partial charge < -0.3 is 9.15 Å². The van der Waals surface area contributed by atoms with Crippen molar-refractivity contribution in [1.82, 2.24) is 4.98 Å². The molecule has 0 spiro atoms. The van der Waals surface area contributed by atoms with E-state index < -0.39 is 20.6 Å². The van der Waals surface area contributed by atoms with Crippen LogP contribution in [-0.2, 0) is 16.3 Å². The molecule has 1 aliphatic rings. The fourth-order valence-electron chi connectivity index (χ4n) is 4.33. The summed E-state index contributed by atoms with van der Waals surface area (Å²) >= 11 is 0. The summed E-state index contributed by atoms with van der Waals surface area (Å²) in [6, 6.07) is 23.0. The number of non-ortho nitro benzene ring substituents is 1. The second-order valence-electron chi connectivity index (χ2n) is 8.62. The van der Waals surface area contributed by atoms with Gasteiger partial charge in [-0.1, -0.05) is 24.3 Å². The molecule has 4 aromatic carbocycles. The van der Waals surface area contributed by atoms with Crippen molar-refractivity contribution >= 4 is 32.4 Å². The van der Waals surface area contributed by atoms with Crippen molar-refractivity contribution in [3.63, 3.8) is 0 Å². The number of aromatic nitrogens is 1. The first-order valence-electron chi connectivity index (χ1n) is 11.4. The lowest BCUT2D eigenvalue weighted by Crippen LogP contribution is -2.19. The van der Waals surface area contributed by atoms with Gasteiger partial charge in [0.25, 0.3) is 5.69 Å². The van der Waals surface area contributed by atoms with Gasteiger partial charge in [0.05, 0.1) is 15.9 Å².